The van der Waals surface area contributed by atoms with E-state index in [1.54, 1.807) is 0 Å². The first-order chi connectivity index (χ1) is 5.95. The number of benzene rings is 1. The Hall–Kier alpha value is 0.680. The molecule has 0 saturated carbocycles. The second-order valence-electron chi connectivity index (χ2n) is 4.19. The molecule has 0 spiro atoms. The predicted octanol–water partition coefficient (Wildman–Crippen LogP) is 4.52. The first kappa shape index (κ1) is 11.8. The molecular weight excluding hydrogens is 386 g/mol. The Morgan fingerprint density at radius 2 is 1.85 bits per heavy atom. The lowest BCUT2D eigenvalue weighted by molar-refractivity contribution is 0.589. The van der Waals surface area contributed by atoms with Crippen molar-refractivity contribution in [1.29, 1.82) is 0 Å². The summed E-state index contributed by atoms with van der Waals surface area (Å²) in [5.41, 5.74) is 3.15. The van der Waals surface area contributed by atoms with Gasteiger partial charge in [-0.15, -0.1) is 0 Å². The van der Waals surface area contributed by atoms with Gasteiger partial charge in [0.05, 0.1) is 0 Å². The third kappa shape index (κ3) is 3.08. The summed E-state index contributed by atoms with van der Waals surface area (Å²) in [4.78, 5) is 0. The van der Waals surface area contributed by atoms with Crippen LogP contribution in [0, 0.1) is 3.57 Å². The van der Waals surface area contributed by atoms with E-state index >= 15 is 0 Å². The Labute approximate surface area is 108 Å². The molecule has 0 radical (unpaired) electrons. The molecule has 72 valence electrons. The minimum absolute atomic E-state index is 0.269. The topological polar surface area (TPSA) is 0 Å². The van der Waals surface area contributed by atoms with Crippen molar-refractivity contribution in [3.8, 4) is 0 Å². The van der Waals surface area contributed by atoms with Gasteiger partial charge in [-0.05, 0) is 45.2 Å². The summed E-state index contributed by atoms with van der Waals surface area (Å²) in [6.07, 6.45) is 0. The standard InChI is InChI=1S/C11H14I2/c1-11(2,3)9-4-5-10(13)8(6-9)7-12/h4-6H,7H2,1-3H3. The fraction of sp³-hybridized carbons (Fsp3) is 0.455. The van der Waals surface area contributed by atoms with Crippen molar-refractivity contribution < 1.29 is 0 Å². The summed E-state index contributed by atoms with van der Waals surface area (Å²) in [7, 11) is 0. The highest BCUT2D eigenvalue weighted by molar-refractivity contribution is 14.1. The molecule has 1 rings (SSSR count). The highest BCUT2D eigenvalue weighted by atomic mass is 127. The van der Waals surface area contributed by atoms with Crippen molar-refractivity contribution in [2.75, 3.05) is 0 Å². The molecule has 1 aromatic carbocycles. The zero-order valence-corrected chi connectivity index (χ0v) is 12.5. The van der Waals surface area contributed by atoms with Crippen LogP contribution in [0.2, 0.25) is 0 Å². The van der Waals surface area contributed by atoms with Crippen molar-refractivity contribution in [2.45, 2.75) is 30.6 Å². The lowest BCUT2D eigenvalue weighted by Crippen LogP contribution is -2.11. The number of rotatable bonds is 1. The molecule has 0 heterocycles. The maximum absolute atomic E-state index is 2.42. The van der Waals surface area contributed by atoms with Gasteiger partial charge in [-0.1, -0.05) is 55.5 Å². The Bertz CT molecular complexity index is 297. The summed E-state index contributed by atoms with van der Waals surface area (Å²) >= 11 is 4.82. The van der Waals surface area contributed by atoms with Gasteiger partial charge in [-0.25, -0.2) is 0 Å². The third-order valence-electron chi connectivity index (χ3n) is 2.06. The molecule has 0 amide bonds. The van der Waals surface area contributed by atoms with Gasteiger partial charge in [0.1, 0.15) is 0 Å². The van der Waals surface area contributed by atoms with Crippen molar-refractivity contribution in [2.24, 2.45) is 0 Å². The van der Waals surface area contributed by atoms with E-state index in [9.17, 15) is 0 Å². The fourth-order valence-corrected chi connectivity index (χ4v) is 3.03. The van der Waals surface area contributed by atoms with Gasteiger partial charge in [0.15, 0.2) is 0 Å². The van der Waals surface area contributed by atoms with Crippen LogP contribution in [-0.4, -0.2) is 0 Å². The predicted molar refractivity (Wildman–Crippen MR) is 75.6 cm³/mol. The van der Waals surface area contributed by atoms with Gasteiger partial charge < -0.3 is 0 Å². The number of hydrogen-bond acceptors (Lipinski definition) is 0. The molecule has 0 aliphatic rings. The van der Waals surface area contributed by atoms with Gasteiger partial charge in [-0.3, -0.25) is 0 Å². The maximum Gasteiger partial charge on any atom is 0.0257 e. The van der Waals surface area contributed by atoms with E-state index in [1.165, 1.54) is 14.7 Å². The number of halogens is 2. The Kier molecular flexibility index (Phi) is 4.04. The summed E-state index contributed by atoms with van der Waals surface area (Å²) in [6.45, 7) is 6.77. The SMILES string of the molecule is CC(C)(C)c1ccc(I)c(CI)c1. The zero-order valence-electron chi connectivity index (χ0n) is 8.20. The van der Waals surface area contributed by atoms with E-state index in [2.05, 4.69) is 84.2 Å². The highest BCUT2D eigenvalue weighted by Crippen LogP contribution is 2.26. The van der Waals surface area contributed by atoms with E-state index in [1.807, 2.05) is 0 Å². The van der Waals surface area contributed by atoms with Crippen LogP contribution in [0.4, 0.5) is 0 Å². The zero-order chi connectivity index (χ0) is 10.1. The highest BCUT2D eigenvalue weighted by Gasteiger charge is 2.14. The fourth-order valence-electron chi connectivity index (χ4n) is 1.14. The van der Waals surface area contributed by atoms with Crippen molar-refractivity contribution >= 4 is 45.2 Å². The molecule has 0 unspecified atom stereocenters. The molecule has 0 aliphatic heterocycles. The molecule has 13 heavy (non-hydrogen) atoms. The minimum atomic E-state index is 0.269. The summed E-state index contributed by atoms with van der Waals surface area (Å²) < 4.78 is 2.47. The molecule has 0 saturated heterocycles. The van der Waals surface area contributed by atoms with E-state index in [4.69, 9.17) is 0 Å². The van der Waals surface area contributed by atoms with Gasteiger partial charge >= 0.3 is 0 Å². The molecule has 1 aromatic rings. The van der Waals surface area contributed by atoms with E-state index in [-0.39, 0.29) is 5.41 Å². The number of alkyl halides is 1. The Morgan fingerprint density at radius 1 is 1.23 bits per heavy atom. The Morgan fingerprint density at radius 3 is 2.31 bits per heavy atom. The normalized spacial score (nSPS) is 11.8. The van der Waals surface area contributed by atoms with Crippen molar-refractivity contribution in [3.05, 3.63) is 32.9 Å². The van der Waals surface area contributed by atoms with Crippen molar-refractivity contribution in [3.63, 3.8) is 0 Å². The molecule has 0 atom stereocenters. The lowest BCUT2D eigenvalue weighted by atomic mass is 9.86. The lowest BCUT2D eigenvalue weighted by Gasteiger charge is -2.20. The van der Waals surface area contributed by atoms with E-state index < -0.39 is 0 Å². The quantitative estimate of drug-likeness (QED) is 0.481. The van der Waals surface area contributed by atoms with Crippen LogP contribution in [0.5, 0.6) is 0 Å². The summed E-state index contributed by atoms with van der Waals surface area (Å²) in [6, 6.07) is 6.78. The molecule has 0 N–H and O–H groups in total. The molecule has 2 heteroatoms. The van der Waals surface area contributed by atoms with Gasteiger partial charge in [-0.2, -0.15) is 0 Å². The number of hydrogen-bond donors (Lipinski definition) is 0. The largest absolute Gasteiger partial charge is 0.0811 e. The van der Waals surface area contributed by atoms with Gasteiger partial charge in [0.25, 0.3) is 0 Å². The van der Waals surface area contributed by atoms with Crippen LogP contribution in [-0.2, 0) is 9.84 Å². The van der Waals surface area contributed by atoms with Crippen molar-refractivity contribution in [1.82, 2.24) is 0 Å². The monoisotopic (exact) mass is 400 g/mol. The average Bonchev–Trinajstić information content (AvgIpc) is 2.03. The van der Waals surface area contributed by atoms with Crippen LogP contribution in [0.15, 0.2) is 18.2 Å². The van der Waals surface area contributed by atoms with Gasteiger partial charge in [0.2, 0.25) is 0 Å². The Balaban J connectivity index is 3.14. The van der Waals surface area contributed by atoms with Crippen LogP contribution >= 0.6 is 45.2 Å². The molecule has 0 fully saturated rings. The average molecular weight is 400 g/mol. The molecule has 0 aliphatic carbocycles. The first-order valence-corrected chi connectivity index (χ1v) is 6.90. The van der Waals surface area contributed by atoms with Gasteiger partial charge in [0, 0.05) is 8.00 Å². The smallest absolute Gasteiger partial charge is 0.0257 e. The second-order valence-corrected chi connectivity index (χ2v) is 6.11. The minimum Gasteiger partial charge on any atom is -0.0811 e. The summed E-state index contributed by atoms with van der Waals surface area (Å²) in [5, 5.41) is 0. The molecule has 0 aromatic heterocycles. The second kappa shape index (κ2) is 4.47. The van der Waals surface area contributed by atoms with Crippen LogP contribution in [0.1, 0.15) is 31.9 Å². The van der Waals surface area contributed by atoms with Crippen LogP contribution in [0.25, 0.3) is 0 Å². The van der Waals surface area contributed by atoms with Crippen LogP contribution in [0.3, 0.4) is 0 Å². The molecule has 0 bridgehead atoms. The molecule has 0 nitrogen and oxygen atoms in total. The first-order valence-electron chi connectivity index (χ1n) is 4.30. The van der Waals surface area contributed by atoms with E-state index in [0.29, 0.717) is 0 Å². The maximum atomic E-state index is 2.42. The van der Waals surface area contributed by atoms with Crippen LogP contribution < -0.4 is 0 Å². The van der Waals surface area contributed by atoms with E-state index in [0.717, 1.165) is 4.43 Å². The third-order valence-corrected chi connectivity index (χ3v) is 3.93. The molecular formula is C11H14I2. The summed E-state index contributed by atoms with van der Waals surface area (Å²) in [5.74, 6) is 0.